The fraction of sp³-hybridized carbons (Fsp3) is 0.0625. The van der Waals surface area contributed by atoms with E-state index in [0.29, 0.717) is 25.3 Å². The van der Waals surface area contributed by atoms with Gasteiger partial charge in [-0.2, -0.15) is 0 Å². The van der Waals surface area contributed by atoms with E-state index in [1.165, 1.54) is 23.1 Å². The number of ketones is 1. The van der Waals surface area contributed by atoms with E-state index in [1.807, 2.05) is 12.1 Å². The van der Waals surface area contributed by atoms with Gasteiger partial charge in [0.1, 0.15) is 0 Å². The van der Waals surface area contributed by atoms with Crippen molar-refractivity contribution in [2.75, 3.05) is 5.75 Å². The monoisotopic (exact) mass is 412 g/mol. The number of rotatable bonds is 5. The molecule has 1 aromatic heterocycles. The predicted molar refractivity (Wildman–Crippen MR) is 104 cm³/mol. The van der Waals surface area contributed by atoms with Crippen LogP contribution in [0.25, 0.3) is 5.69 Å². The first-order valence-electron chi connectivity index (χ1n) is 6.80. The molecule has 0 radical (unpaired) electrons. The molecule has 0 N–H and O–H groups in total. The van der Waals surface area contributed by atoms with E-state index in [2.05, 4.69) is 5.10 Å². The lowest BCUT2D eigenvalue weighted by Gasteiger charge is -2.01. The molecular weight excluding hydrogens is 403 g/mol. The van der Waals surface area contributed by atoms with Crippen molar-refractivity contribution < 1.29 is 4.79 Å². The van der Waals surface area contributed by atoms with Crippen LogP contribution >= 0.6 is 58.5 Å². The predicted octanol–water partition coefficient (Wildman–Crippen LogP) is 5.95. The second-order valence-corrected chi connectivity index (χ2v) is 8.46. The van der Waals surface area contributed by atoms with E-state index in [9.17, 15) is 4.79 Å². The van der Waals surface area contributed by atoms with Crippen LogP contribution in [-0.2, 0) is 0 Å². The Balaban J connectivity index is 1.71. The summed E-state index contributed by atoms with van der Waals surface area (Å²) in [7, 11) is 0. The van der Waals surface area contributed by atoms with Crippen LogP contribution in [0.15, 0.2) is 52.9 Å². The molecule has 1 heterocycles. The average molecular weight is 413 g/mol. The molecular formula is C16H10Cl2N2OS3. The smallest absolute Gasteiger partial charge is 0.184 e. The molecule has 0 aliphatic rings. The molecule has 24 heavy (non-hydrogen) atoms. The van der Waals surface area contributed by atoms with Gasteiger partial charge in [0.15, 0.2) is 14.1 Å². The first kappa shape index (κ1) is 17.6. The zero-order valence-electron chi connectivity index (χ0n) is 12.1. The summed E-state index contributed by atoms with van der Waals surface area (Å²) in [4.78, 5) is 12.2. The van der Waals surface area contributed by atoms with Gasteiger partial charge < -0.3 is 0 Å². The van der Waals surface area contributed by atoms with Crippen LogP contribution in [0.4, 0.5) is 0 Å². The Kier molecular flexibility index (Phi) is 5.73. The van der Waals surface area contributed by atoms with Crippen molar-refractivity contribution in [3.63, 3.8) is 0 Å². The van der Waals surface area contributed by atoms with E-state index < -0.39 is 0 Å². The Morgan fingerprint density at radius 2 is 1.67 bits per heavy atom. The minimum absolute atomic E-state index is 0.0239. The third-order valence-corrected chi connectivity index (χ3v) is 5.96. The molecule has 0 fully saturated rings. The van der Waals surface area contributed by atoms with E-state index in [1.54, 1.807) is 41.1 Å². The Morgan fingerprint density at radius 1 is 1.08 bits per heavy atom. The maximum Gasteiger partial charge on any atom is 0.184 e. The highest BCUT2D eigenvalue weighted by Crippen LogP contribution is 2.25. The van der Waals surface area contributed by atoms with Gasteiger partial charge in [-0.25, -0.2) is 4.68 Å². The SMILES string of the molecule is O=C(CSc1nn(-c2ccc(Cl)cc2)c(=S)s1)c1ccc(Cl)cc1. The molecule has 0 bridgehead atoms. The van der Waals surface area contributed by atoms with Crippen molar-refractivity contribution in [1.82, 2.24) is 9.78 Å². The minimum atomic E-state index is 0.0239. The average Bonchev–Trinajstić information content (AvgIpc) is 2.95. The molecule has 0 amide bonds. The largest absolute Gasteiger partial charge is 0.293 e. The lowest BCUT2D eigenvalue weighted by Crippen LogP contribution is -2.02. The van der Waals surface area contributed by atoms with Gasteiger partial charge in [0, 0.05) is 15.6 Å². The number of halogens is 2. The number of hydrogen-bond acceptors (Lipinski definition) is 5. The molecule has 0 aliphatic carbocycles. The van der Waals surface area contributed by atoms with Gasteiger partial charge in [-0.1, -0.05) is 46.3 Å². The summed E-state index contributed by atoms with van der Waals surface area (Å²) in [5, 5.41) is 5.73. The van der Waals surface area contributed by atoms with E-state index in [-0.39, 0.29) is 5.78 Å². The molecule has 122 valence electrons. The van der Waals surface area contributed by atoms with Crippen molar-refractivity contribution in [2.24, 2.45) is 0 Å². The molecule has 0 saturated heterocycles. The summed E-state index contributed by atoms with van der Waals surface area (Å²) >= 11 is 19.8. The van der Waals surface area contributed by atoms with Gasteiger partial charge in [-0.15, -0.1) is 5.10 Å². The first-order valence-corrected chi connectivity index (χ1v) is 9.77. The second kappa shape index (κ2) is 7.80. The molecule has 0 saturated carbocycles. The van der Waals surface area contributed by atoms with Gasteiger partial charge in [0.25, 0.3) is 0 Å². The molecule has 3 nitrogen and oxygen atoms in total. The molecule has 2 aromatic carbocycles. The van der Waals surface area contributed by atoms with Crippen molar-refractivity contribution in [2.45, 2.75) is 4.34 Å². The number of carbonyl (C=O) groups excluding carboxylic acids is 1. The van der Waals surface area contributed by atoms with Crippen LogP contribution in [0.5, 0.6) is 0 Å². The van der Waals surface area contributed by atoms with Crippen molar-refractivity contribution in [3.8, 4) is 5.69 Å². The topological polar surface area (TPSA) is 34.9 Å². The summed E-state index contributed by atoms with van der Waals surface area (Å²) in [5.41, 5.74) is 1.48. The molecule has 0 unspecified atom stereocenters. The molecule has 0 atom stereocenters. The van der Waals surface area contributed by atoms with Crippen LogP contribution in [0.2, 0.25) is 10.0 Å². The lowest BCUT2D eigenvalue weighted by atomic mass is 10.1. The highest BCUT2D eigenvalue weighted by atomic mass is 35.5. The highest BCUT2D eigenvalue weighted by molar-refractivity contribution is 8.01. The standard InChI is InChI=1S/C16H10Cl2N2OS3/c17-11-3-1-10(2-4-11)14(21)9-23-15-19-20(16(22)24-15)13-7-5-12(18)6-8-13/h1-8H,9H2. The Labute approximate surface area is 162 Å². The summed E-state index contributed by atoms with van der Waals surface area (Å²) in [6.07, 6.45) is 0. The van der Waals surface area contributed by atoms with Gasteiger partial charge in [0.2, 0.25) is 0 Å². The van der Waals surface area contributed by atoms with Crippen molar-refractivity contribution in [1.29, 1.82) is 0 Å². The summed E-state index contributed by atoms with van der Waals surface area (Å²) in [6.45, 7) is 0. The number of benzene rings is 2. The third kappa shape index (κ3) is 4.26. The maximum atomic E-state index is 12.2. The second-order valence-electron chi connectivity index (χ2n) is 4.74. The fourth-order valence-electron chi connectivity index (χ4n) is 1.91. The Morgan fingerprint density at radius 3 is 2.29 bits per heavy atom. The molecule has 0 spiro atoms. The summed E-state index contributed by atoms with van der Waals surface area (Å²) in [6, 6.07) is 14.1. The quantitative estimate of drug-likeness (QED) is 0.294. The zero-order chi connectivity index (χ0) is 17.1. The van der Waals surface area contributed by atoms with Crippen LogP contribution in [0.1, 0.15) is 10.4 Å². The number of carbonyl (C=O) groups is 1. The van der Waals surface area contributed by atoms with E-state index in [4.69, 9.17) is 35.4 Å². The zero-order valence-corrected chi connectivity index (χ0v) is 16.1. The number of Topliss-reactive ketones (excluding diaryl/α,β-unsaturated/α-hetero) is 1. The number of hydrogen-bond donors (Lipinski definition) is 0. The van der Waals surface area contributed by atoms with Crippen molar-refractivity contribution in [3.05, 3.63) is 68.1 Å². The van der Waals surface area contributed by atoms with Crippen LogP contribution in [0.3, 0.4) is 0 Å². The van der Waals surface area contributed by atoms with Crippen LogP contribution in [-0.4, -0.2) is 21.3 Å². The van der Waals surface area contributed by atoms with Crippen LogP contribution < -0.4 is 0 Å². The lowest BCUT2D eigenvalue weighted by molar-refractivity contribution is 0.102. The number of nitrogens with zero attached hydrogens (tertiary/aromatic N) is 2. The minimum Gasteiger partial charge on any atom is -0.293 e. The van der Waals surface area contributed by atoms with Gasteiger partial charge >= 0.3 is 0 Å². The first-order chi connectivity index (χ1) is 11.5. The van der Waals surface area contributed by atoms with Gasteiger partial charge in [-0.3, -0.25) is 4.79 Å². The molecule has 3 rings (SSSR count). The molecule has 0 aliphatic heterocycles. The number of aromatic nitrogens is 2. The van der Waals surface area contributed by atoms with Crippen molar-refractivity contribution >= 4 is 64.3 Å². The number of thioether (sulfide) groups is 1. The van der Waals surface area contributed by atoms with E-state index >= 15 is 0 Å². The molecule has 3 aromatic rings. The van der Waals surface area contributed by atoms with Gasteiger partial charge in [-0.05, 0) is 60.7 Å². The highest BCUT2D eigenvalue weighted by Gasteiger charge is 2.11. The maximum absolute atomic E-state index is 12.2. The van der Waals surface area contributed by atoms with E-state index in [0.717, 1.165) is 10.0 Å². The normalized spacial score (nSPS) is 10.8. The third-order valence-electron chi connectivity index (χ3n) is 3.09. The van der Waals surface area contributed by atoms with Crippen LogP contribution in [0, 0.1) is 3.95 Å². The molecule has 8 heteroatoms. The Bertz CT molecular complexity index is 918. The summed E-state index contributed by atoms with van der Waals surface area (Å²) in [5.74, 6) is 0.320. The summed E-state index contributed by atoms with van der Waals surface area (Å²) < 4.78 is 3.04. The fourth-order valence-corrected chi connectivity index (χ4v) is 4.42. The van der Waals surface area contributed by atoms with Gasteiger partial charge in [0.05, 0.1) is 11.4 Å². The Hall–Kier alpha value is -1.18.